The minimum Gasteiger partial charge on any atom is -0.390 e. The average Bonchev–Trinajstić information content (AvgIpc) is 2.68. The van der Waals surface area contributed by atoms with Crippen molar-refractivity contribution in [1.82, 2.24) is 15.1 Å². The number of anilines is 3. The molecule has 3 rings (SSSR count). The highest BCUT2D eigenvalue weighted by Crippen LogP contribution is 2.40. The highest BCUT2D eigenvalue weighted by atomic mass is 16.3. The lowest BCUT2D eigenvalue weighted by molar-refractivity contribution is 0.0135. The number of aromatic nitrogens is 2. The Bertz CT molecular complexity index is 481. The quantitative estimate of drug-likeness (QED) is 0.689. The standard InChI is InChI=1S/C12H20N6O/c1-12(19)5-3-8(4-6-12)18-11-9(16-17(18)2)10(13)14-7-15-11/h7-8,16,19H,3-6H2,1-2H3,(H2,13,14,15). The SMILES string of the molecule is CN1Nc2c(N)ncnc2N1C1CCC(C)(O)CC1. The van der Waals surface area contributed by atoms with Gasteiger partial charge >= 0.3 is 0 Å². The second-order valence-electron chi connectivity index (χ2n) is 5.67. The minimum atomic E-state index is -0.532. The monoisotopic (exact) mass is 264 g/mol. The van der Waals surface area contributed by atoms with E-state index in [9.17, 15) is 5.11 Å². The molecule has 0 saturated heterocycles. The van der Waals surface area contributed by atoms with E-state index in [0.717, 1.165) is 37.2 Å². The third kappa shape index (κ3) is 2.08. The van der Waals surface area contributed by atoms with Gasteiger partial charge in [-0.1, -0.05) is 0 Å². The van der Waals surface area contributed by atoms with Crippen LogP contribution in [-0.2, 0) is 0 Å². The van der Waals surface area contributed by atoms with Crippen LogP contribution in [0.4, 0.5) is 17.3 Å². The van der Waals surface area contributed by atoms with E-state index >= 15 is 0 Å². The van der Waals surface area contributed by atoms with E-state index in [-0.39, 0.29) is 0 Å². The second kappa shape index (κ2) is 4.21. The lowest BCUT2D eigenvalue weighted by Crippen LogP contribution is -2.49. The zero-order valence-electron chi connectivity index (χ0n) is 11.3. The van der Waals surface area contributed by atoms with Crippen LogP contribution in [0.15, 0.2) is 6.33 Å². The molecule has 1 aliphatic heterocycles. The summed E-state index contributed by atoms with van der Waals surface area (Å²) in [5.41, 5.74) is 9.28. The summed E-state index contributed by atoms with van der Waals surface area (Å²) in [6.45, 7) is 1.91. The summed E-state index contributed by atoms with van der Waals surface area (Å²) in [6, 6.07) is 0.327. The van der Waals surface area contributed by atoms with E-state index in [1.54, 1.807) is 0 Å². The molecule has 2 aliphatic rings. The highest BCUT2D eigenvalue weighted by Gasteiger charge is 2.38. The van der Waals surface area contributed by atoms with Crippen LogP contribution >= 0.6 is 0 Å². The van der Waals surface area contributed by atoms with Gasteiger partial charge in [-0.2, -0.15) is 0 Å². The van der Waals surface area contributed by atoms with Crippen LogP contribution in [0.25, 0.3) is 0 Å². The predicted molar refractivity (Wildman–Crippen MR) is 73.2 cm³/mol. The number of nitrogens with two attached hydrogens (primary N) is 1. The van der Waals surface area contributed by atoms with Crippen LogP contribution in [0.5, 0.6) is 0 Å². The summed E-state index contributed by atoms with van der Waals surface area (Å²) >= 11 is 0. The number of nitrogen functional groups attached to an aromatic ring is 1. The lowest BCUT2D eigenvalue weighted by atomic mass is 9.83. The first-order chi connectivity index (χ1) is 8.98. The Kier molecular flexibility index (Phi) is 2.75. The van der Waals surface area contributed by atoms with Gasteiger partial charge in [-0.3, -0.25) is 10.4 Å². The number of hydrazine groups is 2. The number of hydrogen-bond acceptors (Lipinski definition) is 7. The van der Waals surface area contributed by atoms with Crippen molar-refractivity contribution in [2.45, 2.75) is 44.2 Å². The van der Waals surface area contributed by atoms with E-state index in [2.05, 4.69) is 20.4 Å². The molecule has 1 fully saturated rings. The molecule has 4 N–H and O–H groups in total. The van der Waals surface area contributed by atoms with Gasteiger partial charge in [-0.25, -0.2) is 9.97 Å². The molecule has 1 saturated carbocycles. The lowest BCUT2D eigenvalue weighted by Gasteiger charge is -2.40. The molecule has 0 bridgehead atoms. The van der Waals surface area contributed by atoms with Gasteiger partial charge in [0.1, 0.15) is 12.0 Å². The summed E-state index contributed by atoms with van der Waals surface area (Å²) in [5.74, 6) is 1.28. The molecule has 0 unspecified atom stereocenters. The van der Waals surface area contributed by atoms with Gasteiger partial charge in [0.25, 0.3) is 0 Å². The van der Waals surface area contributed by atoms with Crippen LogP contribution in [-0.4, -0.2) is 38.9 Å². The first-order valence-electron chi connectivity index (χ1n) is 6.60. The minimum absolute atomic E-state index is 0.327. The number of hydrogen-bond donors (Lipinski definition) is 3. The maximum Gasteiger partial charge on any atom is 0.175 e. The van der Waals surface area contributed by atoms with Crippen molar-refractivity contribution in [1.29, 1.82) is 0 Å². The molecule has 0 amide bonds. The van der Waals surface area contributed by atoms with Crippen LogP contribution < -0.4 is 16.2 Å². The van der Waals surface area contributed by atoms with E-state index < -0.39 is 5.60 Å². The second-order valence-corrected chi connectivity index (χ2v) is 5.67. The Labute approximate surface area is 112 Å². The molecule has 0 atom stereocenters. The zero-order chi connectivity index (χ0) is 13.6. The first-order valence-corrected chi connectivity index (χ1v) is 6.60. The third-order valence-corrected chi connectivity index (χ3v) is 4.05. The molecule has 1 aliphatic carbocycles. The molecule has 2 heterocycles. The first kappa shape index (κ1) is 12.4. The van der Waals surface area contributed by atoms with Crippen LogP contribution in [0.3, 0.4) is 0 Å². The normalized spacial score (nSPS) is 31.1. The fraction of sp³-hybridized carbons (Fsp3) is 0.667. The number of aliphatic hydroxyl groups is 1. The van der Waals surface area contributed by atoms with Crippen molar-refractivity contribution in [3.05, 3.63) is 6.33 Å². The topological polar surface area (TPSA) is 90.5 Å². The van der Waals surface area contributed by atoms with Gasteiger partial charge in [-0.05, 0) is 32.6 Å². The molecule has 19 heavy (non-hydrogen) atoms. The number of rotatable bonds is 1. The van der Waals surface area contributed by atoms with E-state index in [1.807, 2.05) is 19.1 Å². The molecule has 104 valence electrons. The Morgan fingerprint density at radius 3 is 2.79 bits per heavy atom. The van der Waals surface area contributed by atoms with Crippen LogP contribution in [0.2, 0.25) is 0 Å². The van der Waals surface area contributed by atoms with E-state index in [0.29, 0.717) is 11.9 Å². The molecule has 1 aromatic heterocycles. The maximum atomic E-state index is 10.0. The summed E-state index contributed by atoms with van der Waals surface area (Å²) in [4.78, 5) is 8.33. The van der Waals surface area contributed by atoms with Crippen molar-refractivity contribution < 1.29 is 5.11 Å². The predicted octanol–water partition coefficient (Wildman–Crippen LogP) is 0.746. The van der Waals surface area contributed by atoms with E-state index in [4.69, 9.17) is 5.73 Å². The molecular weight excluding hydrogens is 244 g/mol. The fourth-order valence-electron chi connectivity index (χ4n) is 2.92. The smallest absolute Gasteiger partial charge is 0.175 e. The zero-order valence-corrected chi connectivity index (χ0v) is 11.3. The molecule has 1 aromatic rings. The van der Waals surface area contributed by atoms with Crippen LogP contribution in [0.1, 0.15) is 32.6 Å². The molecule has 0 radical (unpaired) electrons. The van der Waals surface area contributed by atoms with Crippen molar-refractivity contribution in [3.8, 4) is 0 Å². The summed E-state index contributed by atoms with van der Waals surface area (Å²) in [5, 5.41) is 14.1. The Morgan fingerprint density at radius 2 is 2.11 bits per heavy atom. The fourth-order valence-corrected chi connectivity index (χ4v) is 2.92. The van der Waals surface area contributed by atoms with Gasteiger partial charge < -0.3 is 10.8 Å². The molecule has 0 aromatic carbocycles. The highest BCUT2D eigenvalue weighted by molar-refractivity contribution is 5.78. The Morgan fingerprint density at radius 1 is 1.42 bits per heavy atom. The Hall–Kier alpha value is -1.60. The summed E-state index contributed by atoms with van der Waals surface area (Å²) < 4.78 is 0. The molecular formula is C12H20N6O. The van der Waals surface area contributed by atoms with Crippen molar-refractivity contribution in [2.24, 2.45) is 0 Å². The number of nitrogens with one attached hydrogen (secondary N) is 1. The summed E-state index contributed by atoms with van der Waals surface area (Å²) in [6.07, 6.45) is 4.96. The molecule has 0 spiro atoms. The molecule has 7 heteroatoms. The number of fused-ring (bicyclic) bond motifs is 1. The van der Waals surface area contributed by atoms with Crippen molar-refractivity contribution >= 4 is 17.3 Å². The van der Waals surface area contributed by atoms with Crippen molar-refractivity contribution in [3.63, 3.8) is 0 Å². The maximum absolute atomic E-state index is 10.0. The third-order valence-electron chi connectivity index (χ3n) is 4.05. The summed E-state index contributed by atoms with van der Waals surface area (Å²) in [7, 11) is 1.94. The average molecular weight is 264 g/mol. The number of nitrogens with zero attached hydrogens (tertiary/aromatic N) is 4. The van der Waals surface area contributed by atoms with Gasteiger partial charge in [0.2, 0.25) is 0 Å². The van der Waals surface area contributed by atoms with Crippen LogP contribution in [0, 0.1) is 0 Å². The van der Waals surface area contributed by atoms with Gasteiger partial charge in [-0.15, -0.1) is 5.12 Å². The largest absolute Gasteiger partial charge is 0.390 e. The van der Waals surface area contributed by atoms with Gasteiger partial charge in [0, 0.05) is 13.1 Å². The van der Waals surface area contributed by atoms with Crippen molar-refractivity contribution in [2.75, 3.05) is 23.2 Å². The Balaban J connectivity index is 1.85. The van der Waals surface area contributed by atoms with Gasteiger partial charge in [0.05, 0.1) is 5.60 Å². The molecule has 7 nitrogen and oxygen atoms in total. The van der Waals surface area contributed by atoms with Gasteiger partial charge in [0.15, 0.2) is 11.6 Å². The van der Waals surface area contributed by atoms with E-state index in [1.165, 1.54) is 6.33 Å².